The molecule has 19 heavy (non-hydrogen) atoms. The third-order valence-corrected chi connectivity index (χ3v) is 5.15. The van der Waals surface area contributed by atoms with E-state index in [2.05, 4.69) is 41.0 Å². The second-order valence-corrected chi connectivity index (χ2v) is 7.54. The van der Waals surface area contributed by atoms with Crippen LogP contribution >= 0.6 is 23.4 Å². The molecule has 1 unspecified atom stereocenters. The molecule has 0 amide bonds. The van der Waals surface area contributed by atoms with Gasteiger partial charge in [0.05, 0.1) is 0 Å². The lowest BCUT2D eigenvalue weighted by Crippen LogP contribution is -2.37. The third kappa shape index (κ3) is 3.59. The Bertz CT molecular complexity index is 448. The van der Waals surface area contributed by atoms with Crippen LogP contribution in [0, 0.1) is 0 Å². The van der Waals surface area contributed by atoms with E-state index < -0.39 is 0 Å². The molecule has 1 heterocycles. The summed E-state index contributed by atoms with van der Waals surface area (Å²) in [6, 6.07) is 7.07. The molecule has 1 N–H and O–H groups in total. The van der Waals surface area contributed by atoms with E-state index in [0.29, 0.717) is 5.25 Å². The molecule has 1 aromatic carbocycles. The molecule has 0 radical (unpaired) electrons. The first-order valence-electron chi connectivity index (χ1n) is 7.11. The van der Waals surface area contributed by atoms with Crippen LogP contribution in [-0.2, 0) is 6.54 Å². The van der Waals surface area contributed by atoms with Gasteiger partial charge in [0, 0.05) is 47.4 Å². The minimum absolute atomic E-state index is 0.716. The Morgan fingerprint density at radius 2 is 2.26 bits per heavy atom. The number of hydrogen-bond acceptors (Lipinski definition) is 3. The fraction of sp³-hybridized carbons (Fsp3) is 0.600. The number of rotatable bonds is 4. The Labute approximate surface area is 124 Å². The number of hydrogen-bond donors (Lipinski definition) is 1. The van der Waals surface area contributed by atoms with Crippen LogP contribution in [0.1, 0.15) is 25.3 Å². The van der Waals surface area contributed by atoms with Crippen LogP contribution in [0.15, 0.2) is 18.2 Å². The Morgan fingerprint density at radius 3 is 3.00 bits per heavy atom. The molecule has 1 aliphatic heterocycles. The van der Waals surface area contributed by atoms with E-state index in [4.69, 9.17) is 11.6 Å². The zero-order chi connectivity index (χ0) is 13.2. The summed E-state index contributed by atoms with van der Waals surface area (Å²) >= 11 is 8.24. The van der Waals surface area contributed by atoms with Crippen LogP contribution in [0.3, 0.4) is 0 Å². The third-order valence-electron chi connectivity index (χ3n) is 3.78. The first-order chi connectivity index (χ1) is 9.22. The summed E-state index contributed by atoms with van der Waals surface area (Å²) in [5.74, 6) is 1.22. The fourth-order valence-corrected chi connectivity index (χ4v) is 3.79. The van der Waals surface area contributed by atoms with Crippen molar-refractivity contribution in [3.63, 3.8) is 0 Å². The molecule has 2 nitrogen and oxygen atoms in total. The zero-order valence-corrected chi connectivity index (χ0v) is 12.9. The maximum atomic E-state index is 6.16. The predicted octanol–water partition coefficient (Wildman–Crippen LogP) is 3.53. The molecule has 1 aromatic rings. The van der Waals surface area contributed by atoms with E-state index in [9.17, 15) is 0 Å². The summed E-state index contributed by atoms with van der Waals surface area (Å²) in [6.07, 6.45) is 2.65. The molecule has 1 saturated heterocycles. The summed E-state index contributed by atoms with van der Waals surface area (Å²) in [4.78, 5) is 2.52. The molecule has 0 spiro atoms. The van der Waals surface area contributed by atoms with E-state index in [-0.39, 0.29) is 0 Å². The van der Waals surface area contributed by atoms with E-state index in [1.807, 2.05) is 6.07 Å². The summed E-state index contributed by atoms with van der Waals surface area (Å²) < 4.78 is 0. The molecule has 1 aliphatic carbocycles. The van der Waals surface area contributed by atoms with Crippen LogP contribution in [-0.4, -0.2) is 30.1 Å². The Morgan fingerprint density at radius 1 is 1.42 bits per heavy atom. The van der Waals surface area contributed by atoms with Gasteiger partial charge in [-0.15, -0.1) is 0 Å². The Hall–Kier alpha value is -0.380. The predicted molar refractivity (Wildman–Crippen MR) is 85.4 cm³/mol. The fourth-order valence-electron chi connectivity index (χ4n) is 2.58. The lowest BCUT2D eigenvalue weighted by Gasteiger charge is -2.34. The minimum Gasteiger partial charge on any atom is -0.369 e. The molecule has 1 saturated carbocycles. The van der Waals surface area contributed by atoms with Crippen molar-refractivity contribution < 1.29 is 0 Å². The van der Waals surface area contributed by atoms with Gasteiger partial charge >= 0.3 is 0 Å². The molecule has 2 aliphatic rings. The Balaban J connectivity index is 1.77. The molecule has 4 heteroatoms. The van der Waals surface area contributed by atoms with Gasteiger partial charge in [0.1, 0.15) is 0 Å². The first-order valence-corrected chi connectivity index (χ1v) is 8.53. The van der Waals surface area contributed by atoms with Crippen molar-refractivity contribution in [2.75, 3.05) is 23.7 Å². The number of thioether (sulfide) groups is 1. The molecule has 1 atom stereocenters. The van der Waals surface area contributed by atoms with E-state index >= 15 is 0 Å². The minimum atomic E-state index is 0.716. The molecule has 0 aromatic heterocycles. The van der Waals surface area contributed by atoms with Gasteiger partial charge in [-0.1, -0.05) is 18.5 Å². The molecule has 3 rings (SSSR count). The highest BCUT2D eigenvalue weighted by Gasteiger charge is 2.22. The van der Waals surface area contributed by atoms with Crippen molar-refractivity contribution >= 4 is 29.1 Å². The standard InChI is InChI=1S/C15H21ClN2S/c1-11-10-18(6-7-19-11)15-5-2-13(16)8-12(15)9-17-14-3-4-14/h2,5,8,11,14,17H,3-4,6-7,9-10H2,1H3. The lowest BCUT2D eigenvalue weighted by molar-refractivity contribution is 0.682. The van der Waals surface area contributed by atoms with Crippen molar-refractivity contribution in [1.29, 1.82) is 0 Å². The van der Waals surface area contributed by atoms with E-state index in [1.165, 1.54) is 29.8 Å². The first kappa shape index (κ1) is 13.6. The van der Waals surface area contributed by atoms with Crippen molar-refractivity contribution in [1.82, 2.24) is 5.32 Å². The van der Waals surface area contributed by atoms with Crippen LogP contribution in [0.4, 0.5) is 5.69 Å². The summed E-state index contributed by atoms with van der Waals surface area (Å²) in [5, 5.41) is 5.16. The van der Waals surface area contributed by atoms with Gasteiger partial charge in [-0.3, -0.25) is 0 Å². The quantitative estimate of drug-likeness (QED) is 0.915. The maximum absolute atomic E-state index is 6.16. The smallest absolute Gasteiger partial charge is 0.0413 e. The molecule has 104 valence electrons. The number of anilines is 1. The monoisotopic (exact) mass is 296 g/mol. The van der Waals surface area contributed by atoms with Crippen LogP contribution in [0.2, 0.25) is 5.02 Å². The van der Waals surface area contributed by atoms with Crippen molar-refractivity contribution in [2.45, 2.75) is 37.6 Å². The molecular formula is C15H21ClN2S. The molecule has 0 bridgehead atoms. The number of benzene rings is 1. The van der Waals surface area contributed by atoms with Crippen LogP contribution < -0.4 is 10.2 Å². The summed E-state index contributed by atoms with van der Waals surface area (Å²) in [5.41, 5.74) is 2.71. The van der Waals surface area contributed by atoms with Gasteiger partial charge in [-0.05, 0) is 36.6 Å². The van der Waals surface area contributed by atoms with Crippen LogP contribution in [0.5, 0.6) is 0 Å². The van der Waals surface area contributed by atoms with E-state index in [1.54, 1.807) is 0 Å². The summed E-state index contributed by atoms with van der Waals surface area (Å²) in [6.45, 7) is 5.54. The summed E-state index contributed by atoms with van der Waals surface area (Å²) in [7, 11) is 0. The molecule has 2 fully saturated rings. The molecular weight excluding hydrogens is 276 g/mol. The van der Waals surface area contributed by atoms with Gasteiger partial charge in [0.25, 0.3) is 0 Å². The van der Waals surface area contributed by atoms with Gasteiger partial charge < -0.3 is 10.2 Å². The highest BCUT2D eigenvalue weighted by molar-refractivity contribution is 8.00. The second-order valence-electron chi connectivity index (χ2n) is 5.56. The largest absolute Gasteiger partial charge is 0.369 e. The highest BCUT2D eigenvalue weighted by atomic mass is 35.5. The van der Waals surface area contributed by atoms with Crippen molar-refractivity contribution in [3.05, 3.63) is 28.8 Å². The number of nitrogens with one attached hydrogen (secondary N) is 1. The van der Waals surface area contributed by atoms with E-state index in [0.717, 1.165) is 30.7 Å². The topological polar surface area (TPSA) is 15.3 Å². The zero-order valence-electron chi connectivity index (χ0n) is 11.4. The van der Waals surface area contributed by atoms with Gasteiger partial charge in [-0.2, -0.15) is 11.8 Å². The average molecular weight is 297 g/mol. The second kappa shape index (κ2) is 5.94. The normalized spacial score (nSPS) is 23.7. The van der Waals surface area contributed by atoms with Gasteiger partial charge in [0.15, 0.2) is 0 Å². The average Bonchev–Trinajstić information content (AvgIpc) is 3.20. The Kier molecular flexibility index (Phi) is 4.25. The highest BCUT2D eigenvalue weighted by Crippen LogP contribution is 2.29. The number of halogens is 1. The SMILES string of the molecule is CC1CN(c2ccc(Cl)cc2CNC2CC2)CCS1. The van der Waals surface area contributed by atoms with Crippen molar-refractivity contribution in [3.8, 4) is 0 Å². The number of nitrogens with zero attached hydrogens (tertiary/aromatic N) is 1. The van der Waals surface area contributed by atoms with Gasteiger partial charge in [-0.25, -0.2) is 0 Å². The van der Waals surface area contributed by atoms with Gasteiger partial charge in [0.2, 0.25) is 0 Å². The van der Waals surface area contributed by atoms with Crippen molar-refractivity contribution in [2.24, 2.45) is 0 Å². The van der Waals surface area contributed by atoms with Crippen LogP contribution in [0.25, 0.3) is 0 Å². The maximum Gasteiger partial charge on any atom is 0.0413 e. The lowest BCUT2D eigenvalue weighted by atomic mass is 10.1.